The quantitative estimate of drug-likeness (QED) is 0.227. The van der Waals surface area contributed by atoms with Crippen molar-refractivity contribution in [2.75, 3.05) is 18.9 Å². The van der Waals surface area contributed by atoms with Gasteiger partial charge in [0.15, 0.2) is 0 Å². The average Bonchev–Trinajstić information content (AvgIpc) is 3.24. The summed E-state index contributed by atoms with van der Waals surface area (Å²) in [6, 6.07) is 8.80. The molecule has 0 radical (unpaired) electrons. The Morgan fingerprint density at radius 1 is 1.28 bits per heavy atom. The molecule has 216 valence electrons. The molecule has 0 aliphatic carbocycles. The second-order valence-electron chi connectivity index (χ2n) is 9.62. The van der Waals surface area contributed by atoms with E-state index >= 15 is 0 Å². The van der Waals surface area contributed by atoms with Crippen LogP contribution in [0.2, 0.25) is 0 Å². The van der Waals surface area contributed by atoms with Crippen molar-refractivity contribution in [2.24, 2.45) is 5.92 Å². The fourth-order valence-electron chi connectivity index (χ4n) is 4.21. The number of hydrogen-bond acceptors (Lipinski definition) is 10. The predicted octanol–water partition coefficient (Wildman–Crippen LogP) is 3.42. The molecule has 0 bridgehead atoms. The van der Waals surface area contributed by atoms with Crippen molar-refractivity contribution < 1.29 is 33.0 Å². The minimum atomic E-state index is -4.19. The van der Waals surface area contributed by atoms with Gasteiger partial charge < -0.3 is 24.8 Å². The maximum absolute atomic E-state index is 13.9. The minimum Gasteiger partial charge on any atom is -0.464 e. The number of para-hydroxylation sites is 1. The number of nitrogens with one attached hydrogen (secondary N) is 1. The van der Waals surface area contributed by atoms with Gasteiger partial charge in [-0.05, 0) is 37.5 Å². The van der Waals surface area contributed by atoms with Crippen LogP contribution in [0.25, 0.3) is 0 Å². The van der Waals surface area contributed by atoms with Crippen molar-refractivity contribution in [1.82, 2.24) is 14.6 Å². The molecule has 12 nitrogen and oxygen atoms in total. The zero-order valence-corrected chi connectivity index (χ0v) is 23.7. The van der Waals surface area contributed by atoms with Gasteiger partial charge in [-0.3, -0.25) is 13.9 Å². The normalized spacial score (nSPS) is 23.3. The number of rotatable bonds is 14. The number of nitrogens with zero attached hydrogens (tertiary/aromatic N) is 2. The van der Waals surface area contributed by atoms with Crippen LogP contribution in [0.15, 0.2) is 47.4 Å². The lowest BCUT2D eigenvalue weighted by molar-refractivity contribution is -0.146. The maximum atomic E-state index is 13.9. The summed E-state index contributed by atoms with van der Waals surface area (Å²) in [5.41, 5.74) is 3.64. The Hall–Kier alpha value is -2.76. The van der Waals surface area contributed by atoms with Crippen molar-refractivity contribution >= 4 is 19.5 Å². The van der Waals surface area contributed by atoms with Crippen LogP contribution in [-0.2, 0) is 23.4 Å². The van der Waals surface area contributed by atoms with Crippen LogP contribution >= 0.6 is 7.75 Å². The molecule has 39 heavy (non-hydrogen) atoms. The molecule has 5 atom stereocenters. The van der Waals surface area contributed by atoms with Crippen molar-refractivity contribution in [3.8, 4) is 5.75 Å². The van der Waals surface area contributed by atoms with E-state index in [0.717, 1.165) is 12.8 Å². The fourth-order valence-corrected chi connectivity index (χ4v) is 5.76. The molecule has 0 saturated carbocycles. The number of aromatic nitrogens is 2. The highest BCUT2D eigenvalue weighted by Crippen LogP contribution is 2.48. The van der Waals surface area contributed by atoms with Gasteiger partial charge in [0.05, 0.1) is 19.3 Å². The molecule has 2 heterocycles. The number of anilines is 1. The number of nitrogens with two attached hydrogens (primary N) is 1. The van der Waals surface area contributed by atoms with Crippen molar-refractivity contribution in [3.63, 3.8) is 0 Å². The molecule has 1 aromatic heterocycles. The monoisotopic (exact) mass is 566 g/mol. The zero-order chi connectivity index (χ0) is 28.6. The smallest absolute Gasteiger partial charge is 0.459 e. The summed E-state index contributed by atoms with van der Waals surface area (Å²) in [6.07, 6.45) is 1.60. The highest BCUT2D eigenvalue weighted by Gasteiger charge is 2.50. The summed E-state index contributed by atoms with van der Waals surface area (Å²) < 4.78 is 38.2. The number of esters is 1. The van der Waals surface area contributed by atoms with Crippen LogP contribution in [0.4, 0.5) is 5.82 Å². The second-order valence-corrected chi connectivity index (χ2v) is 11.3. The van der Waals surface area contributed by atoms with E-state index in [0.29, 0.717) is 0 Å². The van der Waals surface area contributed by atoms with E-state index in [1.54, 1.807) is 37.3 Å². The predicted molar refractivity (Wildman–Crippen MR) is 145 cm³/mol. The molecule has 1 aliphatic heterocycles. The van der Waals surface area contributed by atoms with Crippen LogP contribution in [0.5, 0.6) is 5.75 Å². The zero-order valence-electron chi connectivity index (χ0n) is 22.8. The number of aliphatic hydroxyl groups is 1. The molecule has 0 amide bonds. The summed E-state index contributed by atoms with van der Waals surface area (Å²) in [5.74, 6) is -0.0498. The molecule has 1 saturated heterocycles. The van der Waals surface area contributed by atoms with Gasteiger partial charge in [-0.2, -0.15) is 10.1 Å². The first kappa shape index (κ1) is 30.8. The summed E-state index contributed by atoms with van der Waals surface area (Å²) in [7, 11) is -4.19. The Kier molecular flexibility index (Phi) is 10.7. The number of nitrogen functional groups attached to an aromatic ring is 1. The highest BCUT2D eigenvalue weighted by atomic mass is 31.2. The summed E-state index contributed by atoms with van der Waals surface area (Å²) >= 11 is 0. The standard InChI is InChI=1S/C26H39N4O8P/c1-5-19(6-2)16-35-24(32)18(4)29-39(34,38-20-11-9-8-10-12-20)36-17-26(7-3)21(31)15-23(37-26)30-14-13-22(27)28-25(30)33/h8-14,18-19,21,23,31H,5-7,15-17H2,1-4H3,(H,29,34)(H2,27,28,33)/t18-,21-,23+,26+,39?/m0/s1. The third-order valence-corrected chi connectivity index (χ3v) is 8.56. The van der Waals surface area contributed by atoms with E-state index in [1.807, 2.05) is 13.8 Å². The van der Waals surface area contributed by atoms with E-state index in [-0.39, 0.29) is 43.5 Å². The lowest BCUT2D eigenvalue weighted by Gasteiger charge is -2.32. The van der Waals surface area contributed by atoms with E-state index in [9.17, 15) is 19.3 Å². The molecule has 2 aromatic rings. The van der Waals surface area contributed by atoms with E-state index in [2.05, 4.69) is 10.1 Å². The molecule has 1 aromatic carbocycles. The third-order valence-electron chi connectivity index (χ3n) is 6.93. The average molecular weight is 567 g/mol. The Labute approximate surface area is 228 Å². The number of carbonyl (C=O) groups is 1. The molecule has 1 fully saturated rings. The van der Waals surface area contributed by atoms with Crippen molar-refractivity contribution in [3.05, 3.63) is 53.1 Å². The number of hydrogen-bond donors (Lipinski definition) is 3. The molecular weight excluding hydrogens is 527 g/mol. The van der Waals surface area contributed by atoms with Gasteiger partial charge in [-0.25, -0.2) is 9.36 Å². The third kappa shape index (κ3) is 7.89. The Morgan fingerprint density at radius 3 is 2.59 bits per heavy atom. The summed E-state index contributed by atoms with van der Waals surface area (Å²) in [6.45, 7) is 7.22. The summed E-state index contributed by atoms with van der Waals surface area (Å²) in [5, 5.41) is 13.6. The number of benzene rings is 1. The number of ether oxygens (including phenoxy) is 2. The van der Waals surface area contributed by atoms with Crippen LogP contribution in [0.1, 0.15) is 59.6 Å². The van der Waals surface area contributed by atoms with Crippen LogP contribution in [-0.4, -0.2) is 51.6 Å². The molecule has 1 unspecified atom stereocenters. The van der Waals surface area contributed by atoms with Crippen LogP contribution in [0.3, 0.4) is 0 Å². The lowest BCUT2D eigenvalue weighted by Crippen LogP contribution is -2.44. The first-order valence-corrected chi connectivity index (χ1v) is 14.7. The second kappa shape index (κ2) is 13.5. The van der Waals surface area contributed by atoms with Crippen molar-refractivity contribution in [2.45, 2.75) is 77.4 Å². The van der Waals surface area contributed by atoms with Gasteiger partial charge in [0, 0.05) is 12.6 Å². The number of carbonyl (C=O) groups excluding carboxylic acids is 1. The molecular formula is C26H39N4O8P. The van der Waals surface area contributed by atoms with Crippen LogP contribution < -0.4 is 21.0 Å². The van der Waals surface area contributed by atoms with Crippen molar-refractivity contribution in [1.29, 1.82) is 0 Å². The molecule has 4 N–H and O–H groups in total. The first-order valence-electron chi connectivity index (χ1n) is 13.2. The molecule has 3 rings (SSSR count). The largest absolute Gasteiger partial charge is 0.464 e. The number of aliphatic hydroxyl groups excluding tert-OH is 1. The van der Waals surface area contributed by atoms with E-state index in [1.165, 1.54) is 23.8 Å². The molecule has 0 spiro atoms. The molecule has 1 aliphatic rings. The molecule has 13 heteroatoms. The highest BCUT2D eigenvalue weighted by molar-refractivity contribution is 7.52. The van der Waals surface area contributed by atoms with Gasteiger partial charge in [-0.1, -0.05) is 51.8 Å². The Bertz CT molecular complexity index is 1190. The van der Waals surface area contributed by atoms with Gasteiger partial charge in [0.25, 0.3) is 0 Å². The lowest BCUT2D eigenvalue weighted by atomic mass is 9.95. The van der Waals surface area contributed by atoms with Crippen LogP contribution in [0, 0.1) is 5.92 Å². The van der Waals surface area contributed by atoms with E-state index < -0.39 is 43.4 Å². The minimum absolute atomic E-state index is 0.0671. The first-order chi connectivity index (χ1) is 18.5. The maximum Gasteiger partial charge on any atom is 0.459 e. The van der Waals surface area contributed by atoms with Gasteiger partial charge >= 0.3 is 19.4 Å². The van der Waals surface area contributed by atoms with Gasteiger partial charge in [0.1, 0.15) is 29.4 Å². The van der Waals surface area contributed by atoms with Gasteiger partial charge in [0.2, 0.25) is 0 Å². The van der Waals surface area contributed by atoms with Gasteiger partial charge in [-0.15, -0.1) is 0 Å². The fraction of sp³-hybridized carbons (Fsp3) is 0.577. The Morgan fingerprint density at radius 2 is 1.97 bits per heavy atom. The van der Waals surface area contributed by atoms with E-state index in [4.69, 9.17) is 24.3 Å². The summed E-state index contributed by atoms with van der Waals surface area (Å²) in [4.78, 5) is 28.7. The topological polar surface area (TPSA) is 164 Å². The SMILES string of the molecule is CCC(CC)COC(=O)[C@H](C)NP(=O)(OC[C@@]1(CC)O[C@@H](n2ccc(N)nc2=O)C[C@@H]1O)Oc1ccccc1. The Balaban J connectivity index is 1.77.